The summed E-state index contributed by atoms with van der Waals surface area (Å²) in [6.45, 7) is 0.122. The molecule has 2 aromatic carbocycles. The van der Waals surface area contributed by atoms with Crippen LogP contribution < -0.4 is 14.8 Å². The van der Waals surface area contributed by atoms with Gasteiger partial charge in [0.2, 0.25) is 12.7 Å². The van der Waals surface area contributed by atoms with Crippen molar-refractivity contribution in [3.05, 3.63) is 40.4 Å². The highest BCUT2D eigenvalue weighted by atomic mass is 79.9. The maximum absolute atomic E-state index is 12.2. The van der Waals surface area contributed by atoms with Crippen molar-refractivity contribution < 1.29 is 19.4 Å². The molecule has 1 aliphatic carbocycles. The predicted octanol–water partition coefficient (Wildman–Crippen LogP) is 3.69. The Kier molecular flexibility index (Phi) is 3.94. The summed E-state index contributed by atoms with van der Waals surface area (Å²) in [5.74, 6) is 1.54. The monoisotopic (exact) mass is 389 g/mol. The van der Waals surface area contributed by atoms with E-state index in [1.807, 2.05) is 30.3 Å². The van der Waals surface area contributed by atoms with Crippen LogP contribution in [-0.4, -0.2) is 17.8 Å². The molecule has 24 heavy (non-hydrogen) atoms. The zero-order valence-electron chi connectivity index (χ0n) is 12.8. The number of aliphatic hydroxyl groups excluding tert-OH is 1. The van der Waals surface area contributed by atoms with E-state index in [0.717, 1.165) is 39.7 Å². The number of ether oxygens (including phenoxy) is 2. The van der Waals surface area contributed by atoms with E-state index in [1.165, 1.54) is 0 Å². The standard InChI is InChI=1S/C18H16BrNO4/c19-17-12(8-21)3-5-13(20-18(22)10-1-2-10)16(17)11-4-6-14-15(7-11)24-9-23-14/h3-7,10,21H,1-2,8-9H2,(H,20,22). The highest BCUT2D eigenvalue weighted by molar-refractivity contribution is 9.10. The summed E-state index contributed by atoms with van der Waals surface area (Å²) in [6.07, 6.45) is 1.89. The topological polar surface area (TPSA) is 67.8 Å². The van der Waals surface area contributed by atoms with Crippen LogP contribution in [0.3, 0.4) is 0 Å². The summed E-state index contributed by atoms with van der Waals surface area (Å²) in [4.78, 5) is 12.2. The molecule has 1 heterocycles. The number of fused-ring (bicyclic) bond motifs is 1. The number of benzene rings is 2. The SMILES string of the molecule is O=C(Nc1ccc(CO)c(Br)c1-c1ccc2c(c1)OCO2)C1CC1. The highest BCUT2D eigenvalue weighted by Gasteiger charge is 2.30. The second-order valence-electron chi connectivity index (χ2n) is 5.95. The van der Waals surface area contributed by atoms with Crippen LogP contribution in [0.25, 0.3) is 11.1 Å². The fourth-order valence-corrected chi connectivity index (χ4v) is 3.46. The van der Waals surface area contributed by atoms with Crippen molar-refractivity contribution in [2.45, 2.75) is 19.4 Å². The van der Waals surface area contributed by atoms with Gasteiger partial charge in [-0.15, -0.1) is 0 Å². The minimum Gasteiger partial charge on any atom is -0.454 e. The van der Waals surface area contributed by atoms with Gasteiger partial charge in [0.05, 0.1) is 6.61 Å². The van der Waals surface area contributed by atoms with Crippen LogP contribution in [0.5, 0.6) is 11.5 Å². The lowest BCUT2D eigenvalue weighted by atomic mass is 10.00. The molecule has 2 aromatic rings. The van der Waals surface area contributed by atoms with Crippen molar-refractivity contribution in [2.24, 2.45) is 5.92 Å². The van der Waals surface area contributed by atoms with E-state index in [2.05, 4.69) is 21.2 Å². The zero-order chi connectivity index (χ0) is 16.7. The summed E-state index contributed by atoms with van der Waals surface area (Å²) < 4.78 is 11.6. The average Bonchev–Trinajstić information content (AvgIpc) is 3.33. The predicted molar refractivity (Wildman–Crippen MR) is 93.0 cm³/mol. The van der Waals surface area contributed by atoms with Gasteiger partial charge in [-0.1, -0.05) is 12.1 Å². The Hall–Kier alpha value is -2.05. The first kappa shape index (κ1) is 15.5. The lowest BCUT2D eigenvalue weighted by Crippen LogP contribution is -2.14. The van der Waals surface area contributed by atoms with Gasteiger partial charge in [-0.25, -0.2) is 0 Å². The first-order valence-corrected chi connectivity index (χ1v) is 8.60. The molecule has 0 saturated heterocycles. The number of hydrogen-bond donors (Lipinski definition) is 2. The molecule has 0 unspecified atom stereocenters. The number of hydrogen-bond acceptors (Lipinski definition) is 4. The number of carbonyl (C=O) groups is 1. The first-order valence-electron chi connectivity index (χ1n) is 7.80. The molecule has 1 amide bonds. The molecular formula is C18H16BrNO4. The number of anilines is 1. The first-order chi connectivity index (χ1) is 11.7. The molecule has 5 nitrogen and oxygen atoms in total. The third-order valence-corrected chi connectivity index (χ3v) is 5.17. The molecule has 6 heteroatoms. The van der Waals surface area contributed by atoms with Gasteiger partial charge in [-0.3, -0.25) is 4.79 Å². The molecule has 124 valence electrons. The van der Waals surface area contributed by atoms with Gasteiger partial charge in [0, 0.05) is 21.6 Å². The van der Waals surface area contributed by atoms with E-state index in [4.69, 9.17) is 9.47 Å². The van der Waals surface area contributed by atoms with Crippen LogP contribution >= 0.6 is 15.9 Å². The minimum absolute atomic E-state index is 0.0423. The van der Waals surface area contributed by atoms with Crippen LogP contribution in [0, 0.1) is 5.92 Å². The van der Waals surface area contributed by atoms with Gasteiger partial charge < -0.3 is 19.9 Å². The van der Waals surface area contributed by atoms with Crippen molar-refractivity contribution in [3.8, 4) is 22.6 Å². The third kappa shape index (κ3) is 2.76. The number of aliphatic hydroxyl groups is 1. The van der Waals surface area contributed by atoms with Crippen LogP contribution in [0.1, 0.15) is 18.4 Å². The number of amides is 1. The van der Waals surface area contributed by atoms with E-state index in [0.29, 0.717) is 11.5 Å². The molecule has 0 spiro atoms. The Morgan fingerprint density at radius 1 is 1.21 bits per heavy atom. The minimum atomic E-state index is -0.0883. The molecule has 2 N–H and O–H groups in total. The molecule has 1 fully saturated rings. The van der Waals surface area contributed by atoms with Crippen molar-refractivity contribution in [2.75, 3.05) is 12.1 Å². The third-order valence-electron chi connectivity index (χ3n) is 4.26. The lowest BCUT2D eigenvalue weighted by molar-refractivity contribution is -0.117. The van der Waals surface area contributed by atoms with Gasteiger partial charge in [0.1, 0.15) is 0 Å². The Balaban J connectivity index is 1.80. The average molecular weight is 390 g/mol. The van der Waals surface area contributed by atoms with Crippen molar-refractivity contribution >= 4 is 27.5 Å². The van der Waals surface area contributed by atoms with Gasteiger partial charge in [0.25, 0.3) is 0 Å². The summed E-state index contributed by atoms with van der Waals surface area (Å²) in [6, 6.07) is 9.29. The maximum Gasteiger partial charge on any atom is 0.231 e. The molecule has 2 aliphatic rings. The number of halogens is 1. The molecule has 0 aromatic heterocycles. The van der Waals surface area contributed by atoms with E-state index in [-0.39, 0.29) is 25.2 Å². The maximum atomic E-state index is 12.2. The van der Waals surface area contributed by atoms with Gasteiger partial charge >= 0.3 is 0 Å². The highest BCUT2D eigenvalue weighted by Crippen LogP contribution is 2.43. The molecule has 1 saturated carbocycles. The van der Waals surface area contributed by atoms with Gasteiger partial charge in [-0.2, -0.15) is 0 Å². The van der Waals surface area contributed by atoms with Gasteiger partial charge in [-0.05, 0) is 58.1 Å². The van der Waals surface area contributed by atoms with E-state index >= 15 is 0 Å². The molecule has 0 bridgehead atoms. The molecule has 1 aliphatic heterocycles. The summed E-state index contributed by atoms with van der Waals surface area (Å²) >= 11 is 3.57. The Labute approximate surface area is 147 Å². The van der Waals surface area contributed by atoms with Crippen LogP contribution in [0.4, 0.5) is 5.69 Å². The van der Waals surface area contributed by atoms with Gasteiger partial charge in [0.15, 0.2) is 11.5 Å². The van der Waals surface area contributed by atoms with Crippen LogP contribution in [0.2, 0.25) is 0 Å². The smallest absolute Gasteiger partial charge is 0.231 e. The fraction of sp³-hybridized carbons (Fsp3) is 0.278. The fourth-order valence-electron chi connectivity index (χ4n) is 2.76. The Morgan fingerprint density at radius 2 is 2.00 bits per heavy atom. The summed E-state index contributed by atoms with van der Waals surface area (Å²) in [5.41, 5.74) is 3.18. The zero-order valence-corrected chi connectivity index (χ0v) is 14.4. The normalized spacial score (nSPS) is 15.4. The van der Waals surface area contributed by atoms with E-state index < -0.39 is 0 Å². The largest absolute Gasteiger partial charge is 0.454 e. The Bertz CT molecular complexity index is 817. The molecule has 0 atom stereocenters. The second-order valence-corrected chi connectivity index (χ2v) is 6.74. The second kappa shape index (κ2) is 6.11. The summed E-state index contributed by atoms with van der Waals surface area (Å²) in [5, 5.41) is 12.6. The molecule has 4 rings (SSSR count). The number of nitrogens with one attached hydrogen (secondary N) is 1. The van der Waals surface area contributed by atoms with E-state index in [9.17, 15) is 9.90 Å². The van der Waals surface area contributed by atoms with Crippen LogP contribution in [-0.2, 0) is 11.4 Å². The van der Waals surface area contributed by atoms with Crippen molar-refractivity contribution in [3.63, 3.8) is 0 Å². The summed E-state index contributed by atoms with van der Waals surface area (Å²) in [7, 11) is 0. The number of rotatable bonds is 4. The quantitative estimate of drug-likeness (QED) is 0.836. The molecular weight excluding hydrogens is 374 g/mol. The lowest BCUT2D eigenvalue weighted by Gasteiger charge is -2.16. The van der Waals surface area contributed by atoms with Crippen molar-refractivity contribution in [1.29, 1.82) is 0 Å². The molecule has 0 radical (unpaired) electrons. The van der Waals surface area contributed by atoms with Crippen LogP contribution in [0.15, 0.2) is 34.8 Å². The van der Waals surface area contributed by atoms with Crippen molar-refractivity contribution in [1.82, 2.24) is 0 Å². The Morgan fingerprint density at radius 3 is 2.75 bits per heavy atom. The number of carbonyl (C=O) groups excluding carboxylic acids is 1. The van der Waals surface area contributed by atoms with E-state index in [1.54, 1.807) is 0 Å².